The summed E-state index contributed by atoms with van der Waals surface area (Å²) in [7, 11) is 14.9. The molecule has 0 amide bonds. The molecule has 0 N–H and O–H groups in total. The first-order valence-corrected chi connectivity index (χ1v) is 18.9. The van der Waals surface area contributed by atoms with Crippen LogP contribution in [0.15, 0.2) is 65.3 Å². The van der Waals surface area contributed by atoms with Crippen LogP contribution in [0.5, 0.6) is 0 Å². The van der Waals surface area contributed by atoms with E-state index in [-0.39, 0.29) is 0 Å². The zero-order valence-corrected chi connectivity index (χ0v) is 17.5. The second kappa shape index (κ2) is 5.65. The summed E-state index contributed by atoms with van der Waals surface area (Å²) >= 11 is -4.34. The Morgan fingerprint density at radius 2 is 1.30 bits per heavy atom. The molecule has 0 spiro atoms. The SMILES string of the molecule is C[CH]=[Zr]([Cl])([Cl])([C]1=CC=C2CCCC=C21)[C]1=CC=C2CCCC=C21. The molecule has 4 aliphatic carbocycles. The van der Waals surface area contributed by atoms with Crippen LogP contribution < -0.4 is 0 Å². The summed E-state index contributed by atoms with van der Waals surface area (Å²) < 4.78 is 4.64. The molecular formula is C20H22Cl2Zr. The van der Waals surface area contributed by atoms with E-state index in [1.165, 1.54) is 41.7 Å². The molecule has 120 valence electrons. The summed E-state index contributed by atoms with van der Waals surface area (Å²) in [5.41, 5.74) is 5.55. The van der Waals surface area contributed by atoms with Crippen molar-refractivity contribution in [3.8, 4) is 0 Å². The first-order valence-electron chi connectivity index (χ1n) is 8.67. The predicted octanol–water partition coefficient (Wildman–Crippen LogP) is 6.67. The zero-order valence-electron chi connectivity index (χ0n) is 13.5. The first kappa shape index (κ1) is 16.3. The predicted molar refractivity (Wildman–Crippen MR) is 99.6 cm³/mol. The van der Waals surface area contributed by atoms with Crippen molar-refractivity contribution in [1.29, 1.82) is 0 Å². The van der Waals surface area contributed by atoms with Crippen molar-refractivity contribution in [1.82, 2.24) is 0 Å². The molecule has 0 fully saturated rings. The van der Waals surface area contributed by atoms with Crippen LogP contribution in [0.2, 0.25) is 0 Å². The molecule has 4 aliphatic rings. The van der Waals surface area contributed by atoms with Crippen LogP contribution >= 0.6 is 17.0 Å². The molecule has 0 atom stereocenters. The van der Waals surface area contributed by atoms with Crippen LogP contribution in [0.3, 0.4) is 0 Å². The molecule has 3 heteroatoms. The van der Waals surface area contributed by atoms with Gasteiger partial charge in [0.15, 0.2) is 0 Å². The van der Waals surface area contributed by atoms with Gasteiger partial charge in [-0.25, -0.2) is 0 Å². The number of fused-ring (bicyclic) bond motifs is 2. The van der Waals surface area contributed by atoms with Gasteiger partial charge in [0, 0.05) is 0 Å². The minimum atomic E-state index is -4.34. The van der Waals surface area contributed by atoms with E-state index in [4.69, 9.17) is 17.0 Å². The molecular weight excluding hydrogens is 402 g/mol. The molecule has 0 aliphatic heterocycles. The van der Waals surface area contributed by atoms with Crippen LogP contribution in [-0.2, 0) is 15.9 Å². The van der Waals surface area contributed by atoms with Crippen molar-refractivity contribution in [3.63, 3.8) is 0 Å². The van der Waals surface area contributed by atoms with Crippen LogP contribution in [0.4, 0.5) is 0 Å². The Morgan fingerprint density at radius 3 is 1.74 bits per heavy atom. The maximum atomic E-state index is 7.47. The Labute approximate surface area is 146 Å². The molecule has 0 bridgehead atoms. The van der Waals surface area contributed by atoms with Crippen molar-refractivity contribution < 1.29 is 15.9 Å². The minimum absolute atomic E-state index is 1.14. The number of hydrogen-bond donors (Lipinski definition) is 0. The zero-order chi connectivity index (χ0) is 16.1. The van der Waals surface area contributed by atoms with Crippen molar-refractivity contribution in [2.75, 3.05) is 0 Å². The van der Waals surface area contributed by atoms with E-state index in [0.29, 0.717) is 0 Å². The molecule has 0 nitrogen and oxygen atoms in total. The third-order valence-corrected chi connectivity index (χ3v) is 22.6. The van der Waals surface area contributed by atoms with Crippen molar-refractivity contribution >= 4 is 20.7 Å². The number of halogens is 2. The quantitative estimate of drug-likeness (QED) is 0.464. The van der Waals surface area contributed by atoms with Crippen LogP contribution in [0.1, 0.15) is 45.4 Å². The molecule has 0 unspecified atom stereocenters. The molecule has 4 rings (SSSR count). The normalized spacial score (nSPS) is 23.8. The van der Waals surface area contributed by atoms with Gasteiger partial charge in [0.25, 0.3) is 0 Å². The Kier molecular flexibility index (Phi) is 3.99. The van der Waals surface area contributed by atoms with Gasteiger partial charge in [0.2, 0.25) is 0 Å². The number of rotatable bonds is 2. The number of hydrogen-bond acceptors (Lipinski definition) is 0. The van der Waals surface area contributed by atoms with E-state index in [2.05, 4.69) is 47.1 Å². The van der Waals surface area contributed by atoms with E-state index in [0.717, 1.165) is 25.7 Å². The third-order valence-electron chi connectivity index (χ3n) is 5.67. The fraction of sp³-hybridized carbons (Fsp3) is 0.350. The van der Waals surface area contributed by atoms with Gasteiger partial charge in [-0.2, -0.15) is 0 Å². The summed E-state index contributed by atoms with van der Waals surface area (Å²) in [5, 5.41) is 0. The van der Waals surface area contributed by atoms with Gasteiger partial charge in [0.05, 0.1) is 0 Å². The van der Waals surface area contributed by atoms with E-state index in [1.807, 2.05) is 0 Å². The molecule has 0 saturated carbocycles. The number of allylic oxidation sites excluding steroid dienone is 12. The van der Waals surface area contributed by atoms with Gasteiger partial charge in [0.1, 0.15) is 0 Å². The second-order valence-electron chi connectivity index (χ2n) is 6.93. The van der Waals surface area contributed by atoms with Crippen molar-refractivity contribution in [2.24, 2.45) is 0 Å². The van der Waals surface area contributed by atoms with Crippen LogP contribution in [-0.4, -0.2) is 3.71 Å². The van der Waals surface area contributed by atoms with Gasteiger partial charge in [-0.05, 0) is 0 Å². The first-order chi connectivity index (χ1) is 11.0. The van der Waals surface area contributed by atoms with Crippen LogP contribution in [0, 0.1) is 0 Å². The third kappa shape index (κ3) is 2.38. The van der Waals surface area contributed by atoms with E-state index >= 15 is 0 Å². The van der Waals surface area contributed by atoms with E-state index in [9.17, 15) is 0 Å². The molecule has 0 aromatic heterocycles. The van der Waals surface area contributed by atoms with E-state index in [1.54, 1.807) is 0 Å². The average Bonchev–Trinajstić information content (AvgIpc) is 3.20. The molecule has 0 aromatic rings. The molecule has 0 radical (unpaired) electrons. The average molecular weight is 425 g/mol. The summed E-state index contributed by atoms with van der Waals surface area (Å²) in [5.74, 6) is 0. The standard InChI is InChI=1S/2C9H9.C2H4.2ClH.Zr/c2*1-2-5-9-7-3-6-8(9)4-1;1-2;;;/h2*3-4,7H,1-2,5H2;1H,2H3;2*1H;/q;;;;;+2/p-2. The Morgan fingerprint density at radius 1 is 0.826 bits per heavy atom. The van der Waals surface area contributed by atoms with Gasteiger partial charge in [-0.3, -0.25) is 0 Å². The monoisotopic (exact) mass is 422 g/mol. The summed E-state index contributed by atoms with van der Waals surface area (Å²) in [6, 6.07) is 0. The second-order valence-corrected chi connectivity index (χ2v) is 26.8. The summed E-state index contributed by atoms with van der Waals surface area (Å²) in [6.07, 6.45) is 20.7. The molecule has 0 heterocycles. The Hall–Kier alpha value is -0.227. The maximum absolute atomic E-state index is 7.47. The fourth-order valence-electron chi connectivity index (χ4n) is 4.32. The molecule has 23 heavy (non-hydrogen) atoms. The Balaban J connectivity index is 1.85. The van der Waals surface area contributed by atoms with Crippen molar-refractivity contribution in [2.45, 2.75) is 45.4 Å². The molecule has 0 saturated heterocycles. The van der Waals surface area contributed by atoms with Gasteiger partial charge in [-0.15, -0.1) is 0 Å². The van der Waals surface area contributed by atoms with E-state index < -0.39 is 15.9 Å². The summed E-state index contributed by atoms with van der Waals surface area (Å²) in [6.45, 7) is 2.07. The van der Waals surface area contributed by atoms with Gasteiger partial charge in [-0.1, -0.05) is 0 Å². The van der Waals surface area contributed by atoms with Crippen molar-refractivity contribution in [3.05, 3.63) is 65.3 Å². The van der Waals surface area contributed by atoms with Crippen LogP contribution in [0.25, 0.3) is 0 Å². The fourth-order valence-corrected chi connectivity index (χ4v) is 16.1. The Bertz CT molecular complexity index is 773. The van der Waals surface area contributed by atoms with Gasteiger partial charge < -0.3 is 0 Å². The molecule has 0 aromatic carbocycles. The van der Waals surface area contributed by atoms with Gasteiger partial charge >= 0.3 is 147 Å². The topological polar surface area (TPSA) is 0 Å². The summed E-state index contributed by atoms with van der Waals surface area (Å²) in [4.78, 5) is 0.